The topological polar surface area (TPSA) is 84.5 Å². The highest BCUT2D eigenvalue weighted by Crippen LogP contribution is 2.24. The predicted octanol–water partition coefficient (Wildman–Crippen LogP) is 3.52. The summed E-state index contributed by atoms with van der Waals surface area (Å²) >= 11 is 3.32. The maximum Gasteiger partial charge on any atom is 0.338 e. The van der Waals surface area contributed by atoms with Crippen molar-refractivity contribution in [3.8, 4) is 0 Å². The molecule has 134 valence electrons. The number of ether oxygens (including phenoxy) is 1. The molecule has 2 aromatic carbocycles. The van der Waals surface area contributed by atoms with Crippen LogP contribution in [-0.4, -0.2) is 23.9 Å². The van der Waals surface area contributed by atoms with Gasteiger partial charge in [-0.15, -0.1) is 0 Å². The molecule has 2 aromatic rings. The van der Waals surface area contributed by atoms with E-state index in [1.165, 1.54) is 6.92 Å². The van der Waals surface area contributed by atoms with Crippen LogP contribution in [0.4, 0.5) is 11.4 Å². The third-order valence-electron chi connectivity index (χ3n) is 4.00. The van der Waals surface area contributed by atoms with Crippen molar-refractivity contribution in [3.05, 3.63) is 58.1 Å². The second-order valence-corrected chi connectivity index (χ2v) is 6.88. The molecule has 0 aromatic heterocycles. The Hall–Kier alpha value is -2.67. The molecule has 26 heavy (non-hydrogen) atoms. The lowest BCUT2D eigenvalue weighted by atomic mass is 10.0. The van der Waals surface area contributed by atoms with Gasteiger partial charge in [-0.1, -0.05) is 15.9 Å². The second-order valence-electron chi connectivity index (χ2n) is 5.96. The number of carbonyl (C=O) groups excluding carboxylic acids is 3. The molecule has 1 unspecified atom stereocenters. The number of carbonyl (C=O) groups is 3. The lowest BCUT2D eigenvalue weighted by Gasteiger charge is -2.18. The van der Waals surface area contributed by atoms with Crippen molar-refractivity contribution in [1.29, 1.82) is 0 Å². The minimum absolute atomic E-state index is 0.0361. The molecule has 3 rings (SSSR count). The van der Waals surface area contributed by atoms with E-state index in [2.05, 4.69) is 26.6 Å². The summed E-state index contributed by atoms with van der Waals surface area (Å²) in [7, 11) is 0. The van der Waals surface area contributed by atoms with E-state index in [9.17, 15) is 14.4 Å². The number of halogens is 1. The van der Waals surface area contributed by atoms with Crippen LogP contribution in [0.2, 0.25) is 0 Å². The van der Waals surface area contributed by atoms with Crippen molar-refractivity contribution in [2.24, 2.45) is 0 Å². The van der Waals surface area contributed by atoms with Gasteiger partial charge >= 0.3 is 5.97 Å². The molecule has 1 atom stereocenters. The van der Waals surface area contributed by atoms with E-state index >= 15 is 0 Å². The predicted molar refractivity (Wildman–Crippen MR) is 101 cm³/mol. The Morgan fingerprint density at radius 3 is 2.62 bits per heavy atom. The normalized spacial score (nSPS) is 14.0. The van der Waals surface area contributed by atoms with Gasteiger partial charge in [-0.2, -0.15) is 0 Å². The molecule has 0 bridgehead atoms. The summed E-state index contributed by atoms with van der Waals surface area (Å²) in [5.41, 5.74) is 2.55. The van der Waals surface area contributed by atoms with Gasteiger partial charge in [0.2, 0.25) is 5.91 Å². The molecule has 1 aliphatic rings. The second kappa shape index (κ2) is 7.70. The monoisotopic (exact) mass is 416 g/mol. The Morgan fingerprint density at radius 2 is 1.88 bits per heavy atom. The summed E-state index contributed by atoms with van der Waals surface area (Å²) in [6.07, 6.45) is 0.0150. The van der Waals surface area contributed by atoms with E-state index < -0.39 is 18.0 Å². The summed E-state index contributed by atoms with van der Waals surface area (Å²) < 4.78 is 6.16. The first kappa shape index (κ1) is 18.1. The Morgan fingerprint density at radius 1 is 1.15 bits per heavy atom. The number of aryl methyl sites for hydroxylation is 1. The summed E-state index contributed by atoms with van der Waals surface area (Å²) in [6, 6.07) is 12.0. The molecule has 0 saturated heterocycles. The SMILES string of the molecule is CC(OC(=O)c1ccc2c(c1)CCC(=O)N2)C(=O)Nc1ccc(Br)cc1. The fraction of sp³-hybridized carbons (Fsp3) is 0.211. The molecule has 2 N–H and O–H groups in total. The lowest BCUT2D eigenvalue weighted by molar-refractivity contribution is -0.123. The smallest absolute Gasteiger partial charge is 0.338 e. The zero-order chi connectivity index (χ0) is 18.7. The van der Waals surface area contributed by atoms with Crippen molar-refractivity contribution in [2.45, 2.75) is 25.9 Å². The van der Waals surface area contributed by atoms with Gasteiger partial charge in [0, 0.05) is 22.3 Å². The first-order valence-electron chi connectivity index (χ1n) is 8.12. The quantitative estimate of drug-likeness (QED) is 0.746. The number of nitrogens with one attached hydrogen (secondary N) is 2. The molecule has 1 aliphatic heterocycles. The van der Waals surface area contributed by atoms with Crippen molar-refractivity contribution < 1.29 is 19.1 Å². The Bertz CT molecular complexity index is 864. The van der Waals surface area contributed by atoms with Crippen LogP contribution in [0, 0.1) is 0 Å². The van der Waals surface area contributed by atoms with E-state index in [1.54, 1.807) is 42.5 Å². The number of hydrogen-bond acceptors (Lipinski definition) is 4. The van der Waals surface area contributed by atoms with Crippen LogP contribution in [-0.2, 0) is 20.7 Å². The average molecular weight is 417 g/mol. The Kier molecular flexibility index (Phi) is 5.37. The first-order valence-corrected chi connectivity index (χ1v) is 8.92. The highest BCUT2D eigenvalue weighted by Gasteiger charge is 2.21. The van der Waals surface area contributed by atoms with Crippen molar-refractivity contribution >= 4 is 45.1 Å². The molecule has 0 radical (unpaired) electrons. The van der Waals surface area contributed by atoms with Crippen LogP contribution < -0.4 is 10.6 Å². The average Bonchev–Trinajstić information content (AvgIpc) is 2.63. The molecule has 0 spiro atoms. The zero-order valence-electron chi connectivity index (χ0n) is 14.0. The van der Waals surface area contributed by atoms with Gasteiger partial charge in [-0.05, 0) is 61.4 Å². The lowest BCUT2D eigenvalue weighted by Crippen LogP contribution is -2.30. The van der Waals surface area contributed by atoms with Crippen LogP contribution in [0.3, 0.4) is 0 Å². The molecule has 7 heteroatoms. The van der Waals surface area contributed by atoms with E-state index in [4.69, 9.17) is 4.74 Å². The number of rotatable bonds is 4. The summed E-state index contributed by atoms with van der Waals surface area (Å²) in [5.74, 6) is -1.03. The molecule has 0 fully saturated rings. The largest absolute Gasteiger partial charge is 0.449 e. The molecule has 2 amide bonds. The minimum atomic E-state index is -0.943. The molecular formula is C19H17BrN2O4. The Labute approximate surface area is 159 Å². The van der Waals surface area contributed by atoms with Gasteiger partial charge in [0.15, 0.2) is 6.10 Å². The van der Waals surface area contributed by atoms with Crippen LogP contribution in [0.1, 0.15) is 29.3 Å². The third-order valence-corrected chi connectivity index (χ3v) is 4.53. The van der Waals surface area contributed by atoms with Gasteiger partial charge in [-0.3, -0.25) is 9.59 Å². The Balaban J connectivity index is 1.62. The number of fused-ring (bicyclic) bond motifs is 1. The third kappa shape index (κ3) is 4.29. The number of amides is 2. The number of hydrogen-bond donors (Lipinski definition) is 2. The number of esters is 1. The van der Waals surface area contributed by atoms with E-state index in [0.29, 0.717) is 29.8 Å². The van der Waals surface area contributed by atoms with Crippen molar-refractivity contribution in [1.82, 2.24) is 0 Å². The molecule has 1 heterocycles. The fourth-order valence-electron chi connectivity index (χ4n) is 2.57. The summed E-state index contributed by atoms with van der Waals surface area (Å²) in [4.78, 5) is 35.9. The number of anilines is 2. The van der Waals surface area contributed by atoms with Crippen LogP contribution in [0.5, 0.6) is 0 Å². The maximum absolute atomic E-state index is 12.3. The maximum atomic E-state index is 12.3. The standard InChI is InChI=1S/C19H17BrN2O4/c1-11(18(24)21-15-6-4-14(20)5-7-15)26-19(25)13-2-8-16-12(10-13)3-9-17(23)22-16/h2,4-8,10-11H,3,9H2,1H3,(H,21,24)(H,22,23). The van der Waals surface area contributed by atoms with E-state index in [-0.39, 0.29) is 5.91 Å². The molecule has 0 saturated carbocycles. The highest BCUT2D eigenvalue weighted by molar-refractivity contribution is 9.10. The summed E-state index contributed by atoms with van der Waals surface area (Å²) in [5, 5.41) is 5.45. The highest BCUT2D eigenvalue weighted by atomic mass is 79.9. The number of benzene rings is 2. The fourth-order valence-corrected chi connectivity index (χ4v) is 2.83. The molecular weight excluding hydrogens is 400 g/mol. The van der Waals surface area contributed by atoms with E-state index in [0.717, 1.165) is 10.0 Å². The van der Waals surface area contributed by atoms with Gasteiger partial charge < -0.3 is 15.4 Å². The van der Waals surface area contributed by atoms with Crippen molar-refractivity contribution in [3.63, 3.8) is 0 Å². The van der Waals surface area contributed by atoms with Crippen LogP contribution in [0.15, 0.2) is 46.9 Å². The molecule has 0 aliphatic carbocycles. The van der Waals surface area contributed by atoms with Crippen LogP contribution >= 0.6 is 15.9 Å². The first-order chi connectivity index (χ1) is 12.4. The minimum Gasteiger partial charge on any atom is -0.449 e. The van der Waals surface area contributed by atoms with E-state index in [1.807, 2.05) is 0 Å². The van der Waals surface area contributed by atoms with Gasteiger partial charge in [0.25, 0.3) is 5.91 Å². The van der Waals surface area contributed by atoms with Crippen LogP contribution in [0.25, 0.3) is 0 Å². The summed E-state index contributed by atoms with van der Waals surface area (Å²) in [6.45, 7) is 1.52. The molecule has 6 nitrogen and oxygen atoms in total. The zero-order valence-corrected chi connectivity index (χ0v) is 15.6. The van der Waals surface area contributed by atoms with Gasteiger partial charge in [0.05, 0.1) is 5.56 Å². The van der Waals surface area contributed by atoms with Gasteiger partial charge in [0.1, 0.15) is 0 Å². The van der Waals surface area contributed by atoms with Crippen molar-refractivity contribution in [2.75, 3.05) is 10.6 Å². The van der Waals surface area contributed by atoms with Gasteiger partial charge in [-0.25, -0.2) is 4.79 Å².